The number of amides is 1. The summed E-state index contributed by atoms with van der Waals surface area (Å²) in [4.78, 5) is 13.9. The average molecular weight is 252 g/mol. The SMILES string of the molecule is CCC(c1ccccc1)N(C(=O)CCl)C1CC1. The summed E-state index contributed by atoms with van der Waals surface area (Å²) in [6.45, 7) is 2.12. The number of carbonyl (C=O) groups excluding carboxylic acids is 1. The van der Waals surface area contributed by atoms with Gasteiger partial charge in [0, 0.05) is 6.04 Å². The topological polar surface area (TPSA) is 20.3 Å². The van der Waals surface area contributed by atoms with Crippen LogP contribution < -0.4 is 0 Å². The lowest BCUT2D eigenvalue weighted by molar-refractivity contribution is -0.131. The lowest BCUT2D eigenvalue weighted by atomic mass is 10.0. The van der Waals surface area contributed by atoms with Crippen molar-refractivity contribution >= 4 is 17.5 Å². The normalized spacial score (nSPS) is 16.6. The summed E-state index contributed by atoms with van der Waals surface area (Å²) in [6.07, 6.45) is 3.17. The molecular formula is C14H18ClNO. The van der Waals surface area contributed by atoms with Gasteiger partial charge in [0.15, 0.2) is 0 Å². The van der Waals surface area contributed by atoms with Crippen LogP contribution in [0.4, 0.5) is 0 Å². The van der Waals surface area contributed by atoms with Gasteiger partial charge in [0.1, 0.15) is 5.88 Å². The molecule has 0 bridgehead atoms. The van der Waals surface area contributed by atoms with Gasteiger partial charge >= 0.3 is 0 Å². The molecule has 1 aromatic carbocycles. The molecule has 1 amide bonds. The highest BCUT2D eigenvalue weighted by atomic mass is 35.5. The molecule has 1 aromatic rings. The molecule has 1 saturated carbocycles. The van der Waals surface area contributed by atoms with Crippen LogP contribution in [0.3, 0.4) is 0 Å². The third kappa shape index (κ3) is 2.81. The number of hydrogen-bond acceptors (Lipinski definition) is 1. The smallest absolute Gasteiger partial charge is 0.238 e. The van der Waals surface area contributed by atoms with Gasteiger partial charge in [-0.15, -0.1) is 11.6 Å². The van der Waals surface area contributed by atoms with Crippen LogP contribution in [0.1, 0.15) is 37.8 Å². The van der Waals surface area contributed by atoms with E-state index >= 15 is 0 Å². The quantitative estimate of drug-likeness (QED) is 0.735. The van der Waals surface area contributed by atoms with Gasteiger partial charge in [-0.2, -0.15) is 0 Å². The van der Waals surface area contributed by atoms with E-state index in [1.165, 1.54) is 5.56 Å². The summed E-state index contributed by atoms with van der Waals surface area (Å²) in [7, 11) is 0. The molecule has 0 radical (unpaired) electrons. The predicted molar refractivity (Wildman–Crippen MR) is 70.1 cm³/mol. The molecule has 17 heavy (non-hydrogen) atoms. The zero-order valence-corrected chi connectivity index (χ0v) is 10.9. The van der Waals surface area contributed by atoms with Crippen molar-refractivity contribution in [3.8, 4) is 0 Å². The monoisotopic (exact) mass is 251 g/mol. The highest BCUT2D eigenvalue weighted by Gasteiger charge is 2.36. The number of alkyl halides is 1. The minimum Gasteiger partial charge on any atom is -0.332 e. The van der Waals surface area contributed by atoms with Crippen molar-refractivity contribution in [1.82, 2.24) is 4.90 Å². The molecule has 2 nitrogen and oxygen atoms in total. The van der Waals surface area contributed by atoms with Crippen LogP contribution >= 0.6 is 11.6 Å². The summed E-state index contributed by atoms with van der Waals surface area (Å²) in [5, 5.41) is 0. The van der Waals surface area contributed by atoms with E-state index in [9.17, 15) is 4.79 Å². The zero-order valence-electron chi connectivity index (χ0n) is 10.1. The minimum absolute atomic E-state index is 0.0601. The molecule has 1 fully saturated rings. The van der Waals surface area contributed by atoms with Crippen molar-refractivity contribution in [2.24, 2.45) is 0 Å². The summed E-state index contributed by atoms with van der Waals surface area (Å²) >= 11 is 5.72. The van der Waals surface area contributed by atoms with Gasteiger partial charge in [-0.3, -0.25) is 4.79 Å². The van der Waals surface area contributed by atoms with Gasteiger partial charge in [-0.25, -0.2) is 0 Å². The predicted octanol–water partition coefficient (Wildman–Crippen LogP) is 3.37. The van der Waals surface area contributed by atoms with Gasteiger partial charge in [0.25, 0.3) is 0 Å². The van der Waals surface area contributed by atoms with Crippen molar-refractivity contribution in [1.29, 1.82) is 0 Å². The molecule has 0 aliphatic heterocycles. The van der Waals surface area contributed by atoms with Crippen molar-refractivity contribution in [3.05, 3.63) is 35.9 Å². The molecule has 3 heteroatoms. The van der Waals surface area contributed by atoms with E-state index in [4.69, 9.17) is 11.6 Å². The summed E-state index contributed by atoms with van der Waals surface area (Å²) < 4.78 is 0. The third-order valence-electron chi connectivity index (χ3n) is 3.25. The molecular weight excluding hydrogens is 234 g/mol. The Labute approximate surface area is 108 Å². The standard InChI is InChI=1S/C14H18ClNO/c1-2-13(11-6-4-3-5-7-11)16(12-8-9-12)14(17)10-15/h3-7,12-13H,2,8-10H2,1H3. The van der Waals surface area contributed by atoms with Crippen LogP contribution in [-0.4, -0.2) is 22.7 Å². The first-order chi connectivity index (χ1) is 8.27. The van der Waals surface area contributed by atoms with Crippen LogP contribution in [0.15, 0.2) is 30.3 Å². The zero-order chi connectivity index (χ0) is 12.3. The van der Waals surface area contributed by atoms with Crippen LogP contribution in [-0.2, 0) is 4.79 Å². The van der Waals surface area contributed by atoms with Crippen LogP contribution in [0.2, 0.25) is 0 Å². The van der Waals surface area contributed by atoms with E-state index < -0.39 is 0 Å². The Morgan fingerprint density at radius 1 is 1.41 bits per heavy atom. The van der Waals surface area contributed by atoms with Gasteiger partial charge in [-0.05, 0) is 24.8 Å². The number of nitrogens with zero attached hydrogens (tertiary/aromatic N) is 1. The largest absolute Gasteiger partial charge is 0.332 e. The molecule has 0 spiro atoms. The second-order valence-electron chi connectivity index (χ2n) is 4.50. The van der Waals surface area contributed by atoms with E-state index in [-0.39, 0.29) is 17.8 Å². The maximum atomic E-state index is 12.0. The number of benzene rings is 1. The molecule has 0 aromatic heterocycles. The maximum absolute atomic E-state index is 12.0. The van der Waals surface area contributed by atoms with Crippen molar-refractivity contribution in [3.63, 3.8) is 0 Å². The minimum atomic E-state index is 0.0601. The first-order valence-corrected chi connectivity index (χ1v) is 6.73. The molecule has 0 heterocycles. The van der Waals surface area contributed by atoms with E-state index in [0.29, 0.717) is 6.04 Å². The Bertz CT molecular complexity index is 375. The molecule has 0 N–H and O–H groups in total. The summed E-state index contributed by atoms with van der Waals surface area (Å²) in [5.41, 5.74) is 1.21. The molecule has 1 aliphatic rings. The second kappa shape index (κ2) is 5.54. The van der Waals surface area contributed by atoms with Gasteiger partial charge in [0.05, 0.1) is 6.04 Å². The molecule has 2 rings (SSSR count). The van der Waals surface area contributed by atoms with Crippen LogP contribution in [0.5, 0.6) is 0 Å². The second-order valence-corrected chi connectivity index (χ2v) is 4.77. The Morgan fingerprint density at radius 3 is 2.53 bits per heavy atom. The number of halogens is 1. The fraction of sp³-hybridized carbons (Fsp3) is 0.500. The number of rotatable bonds is 5. The first kappa shape index (κ1) is 12.4. The van der Waals surface area contributed by atoms with Gasteiger partial charge in [-0.1, -0.05) is 37.3 Å². The number of carbonyl (C=O) groups is 1. The fourth-order valence-electron chi connectivity index (χ4n) is 2.32. The van der Waals surface area contributed by atoms with E-state index in [1.807, 2.05) is 23.1 Å². The van der Waals surface area contributed by atoms with E-state index in [0.717, 1.165) is 19.3 Å². The Balaban J connectivity index is 2.23. The fourth-order valence-corrected chi connectivity index (χ4v) is 2.46. The van der Waals surface area contributed by atoms with Gasteiger partial charge < -0.3 is 4.90 Å². The van der Waals surface area contributed by atoms with Crippen molar-refractivity contribution < 1.29 is 4.79 Å². The summed E-state index contributed by atoms with van der Waals surface area (Å²) in [6, 6.07) is 10.8. The van der Waals surface area contributed by atoms with Gasteiger partial charge in [0.2, 0.25) is 5.91 Å². The third-order valence-corrected chi connectivity index (χ3v) is 3.48. The van der Waals surface area contributed by atoms with Crippen LogP contribution in [0.25, 0.3) is 0 Å². The first-order valence-electron chi connectivity index (χ1n) is 6.20. The van der Waals surface area contributed by atoms with E-state index in [1.54, 1.807) is 0 Å². The average Bonchev–Trinajstić information content (AvgIpc) is 3.20. The molecule has 1 unspecified atom stereocenters. The summed E-state index contributed by atoms with van der Waals surface area (Å²) in [5.74, 6) is 0.143. The van der Waals surface area contributed by atoms with Crippen molar-refractivity contribution in [2.45, 2.75) is 38.3 Å². The van der Waals surface area contributed by atoms with E-state index in [2.05, 4.69) is 19.1 Å². The lowest BCUT2D eigenvalue weighted by Gasteiger charge is -2.31. The highest BCUT2D eigenvalue weighted by Crippen LogP contribution is 2.36. The number of hydrogen-bond donors (Lipinski definition) is 0. The highest BCUT2D eigenvalue weighted by molar-refractivity contribution is 6.27. The Morgan fingerprint density at radius 2 is 2.06 bits per heavy atom. The molecule has 0 saturated heterocycles. The Hall–Kier alpha value is -1.02. The lowest BCUT2D eigenvalue weighted by Crippen LogP contribution is -2.37. The van der Waals surface area contributed by atoms with Crippen LogP contribution in [0, 0.1) is 0 Å². The Kier molecular flexibility index (Phi) is 4.06. The molecule has 1 aliphatic carbocycles. The maximum Gasteiger partial charge on any atom is 0.238 e. The molecule has 1 atom stereocenters. The van der Waals surface area contributed by atoms with Crippen molar-refractivity contribution in [2.75, 3.05) is 5.88 Å². The molecule has 92 valence electrons.